The molecular weight excluding hydrogens is 456 g/mol. The molecule has 1 aliphatic rings. The monoisotopic (exact) mass is 482 g/mol. The van der Waals surface area contributed by atoms with Crippen LogP contribution in [0.4, 0.5) is 0 Å². The first-order valence-electron chi connectivity index (χ1n) is 10.2. The van der Waals surface area contributed by atoms with Gasteiger partial charge in [-0.05, 0) is 6.92 Å². The Morgan fingerprint density at radius 1 is 0.941 bits per heavy atom. The van der Waals surface area contributed by atoms with E-state index in [1.54, 1.807) is 6.92 Å². The molecule has 13 nitrogen and oxygen atoms in total. The number of carbonyl (C=O) groups excluding carboxylic acids is 5. The molecule has 2 heterocycles. The normalized spacial score (nSPS) is 23.9. The summed E-state index contributed by atoms with van der Waals surface area (Å²) in [6.07, 6.45) is -4.39. The number of hydrogen-bond acceptors (Lipinski definition) is 11. The SMILES string of the molecule is CC(=O)OC[C@H]1O[C@@H](OC(C)=O)[C@H](NC(=O)c2c[nH]c(C)cc2=O)[C@@H](OC(C)=O)[C@@H]1OC(C)=O. The number of H-pyrrole nitrogens is 1. The molecular formula is C21H26N2O11. The molecule has 2 rings (SSSR count). The molecule has 1 fully saturated rings. The lowest BCUT2D eigenvalue weighted by atomic mass is 9.95. The van der Waals surface area contributed by atoms with Gasteiger partial charge >= 0.3 is 23.9 Å². The molecule has 34 heavy (non-hydrogen) atoms. The van der Waals surface area contributed by atoms with Gasteiger partial charge in [0.25, 0.3) is 5.91 Å². The number of aromatic nitrogens is 1. The Labute approximate surface area is 194 Å². The molecule has 0 bridgehead atoms. The highest BCUT2D eigenvalue weighted by Crippen LogP contribution is 2.28. The lowest BCUT2D eigenvalue weighted by Gasteiger charge is -2.44. The van der Waals surface area contributed by atoms with Gasteiger partial charge in [-0.3, -0.25) is 28.8 Å². The lowest BCUT2D eigenvalue weighted by molar-refractivity contribution is -0.270. The van der Waals surface area contributed by atoms with E-state index in [1.165, 1.54) is 12.3 Å². The summed E-state index contributed by atoms with van der Waals surface area (Å²) in [6.45, 7) is 5.56. The Balaban J connectivity index is 2.49. The maximum Gasteiger partial charge on any atom is 0.305 e. The zero-order chi connectivity index (χ0) is 25.6. The number of aryl methyl sites for hydroxylation is 1. The molecule has 1 amide bonds. The van der Waals surface area contributed by atoms with E-state index >= 15 is 0 Å². The Morgan fingerprint density at radius 2 is 1.53 bits per heavy atom. The van der Waals surface area contributed by atoms with Crippen molar-refractivity contribution in [2.24, 2.45) is 0 Å². The molecule has 0 radical (unpaired) electrons. The van der Waals surface area contributed by atoms with Crippen molar-refractivity contribution in [1.82, 2.24) is 10.3 Å². The Morgan fingerprint density at radius 3 is 2.06 bits per heavy atom. The van der Waals surface area contributed by atoms with Crippen LogP contribution in [0.25, 0.3) is 0 Å². The Bertz CT molecular complexity index is 1020. The molecule has 1 aliphatic heterocycles. The van der Waals surface area contributed by atoms with Gasteiger partial charge in [-0.15, -0.1) is 0 Å². The van der Waals surface area contributed by atoms with Gasteiger partial charge in [-0.1, -0.05) is 0 Å². The summed E-state index contributed by atoms with van der Waals surface area (Å²) in [5, 5.41) is 2.46. The van der Waals surface area contributed by atoms with Crippen LogP contribution in [-0.2, 0) is 42.9 Å². The first kappa shape index (κ1) is 26.5. The highest BCUT2D eigenvalue weighted by Gasteiger charge is 2.52. The fourth-order valence-corrected chi connectivity index (χ4v) is 3.30. The highest BCUT2D eigenvalue weighted by molar-refractivity contribution is 5.94. The van der Waals surface area contributed by atoms with Crippen molar-refractivity contribution in [1.29, 1.82) is 0 Å². The van der Waals surface area contributed by atoms with E-state index in [0.717, 1.165) is 27.7 Å². The summed E-state index contributed by atoms with van der Waals surface area (Å²) in [6, 6.07) is -0.199. The van der Waals surface area contributed by atoms with Gasteiger partial charge in [0.1, 0.15) is 24.3 Å². The molecule has 0 unspecified atom stereocenters. The second-order valence-corrected chi connectivity index (χ2v) is 7.50. The minimum atomic E-state index is -1.55. The number of esters is 4. The van der Waals surface area contributed by atoms with Crippen molar-refractivity contribution < 1.29 is 47.7 Å². The van der Waals surface area contributed by atoms with Crippen molar-refractivity contribution in [2.45, 2.75) is 65.3 Å². The van der Waals surface area contributed by atoms with Crippen LogP contribution in [0.5, 0.6) is 0 Å². The minimum absolute atomic E-state index is 0.278. The third kappa shape index (κ3) is 7.13. The van der Waals surface area contributed by atoms with E-state index in [4.69, 9.17) is 23.7 Å². The Kier molecular flexibility index (Phi) is 8.90. The molecule has 186 valence electrons. The van der Waals surface area contributed by atoms with E-state index in [9.17, 15) is 28.8 Å². The van der Waals surface area contributed by atoms with Gasteiger partial charge in [0, 0.05) is 45.7 Å². The van der Waals surface area contributed by atoms with Crippen molar-refractivity contribution in [3.8, 4) is 0 Å². The van der Waals surface area contributed by atoms with Gasteiger partial charge in [-0.2, -0.15) is 0 Å². The maximum absolute atomic E-state index is 12.9. The molecule has 0 saturated carbocycles. The standard InChI is InChI=1S/C21H26N2O11/c1-9-6-15(28)14(7-22-9)20(29)23-17-19(32-12(4)26)18(31-11(3)25)16(8-30-10(2)24)34-21(17)33-13(5)27/h6-7,16-19,21H,8H2,1-5H3,(H,22,28)(H,23,29)/t16-,17-,18-,19-,21-/m1/s1. The predicted octanol–water partition coefficient (Wildman–Crippen LogP) is -0.504. The summed E-state index contributed by atoms with van der Waals surface area (Å²) in [5.74, 6) is -3.98. The number of rotatable bonds is 7. The van der Waals surface area contributed by atoms with Crippen LogP contribution < -0.4 is 10.7 Å². The molecule has 2 N–H and O–H groups in total. The van der Waals surface area contributed by atoms with Crippen molar-refractivity contribution in [3.05, 3.63) is 33.7 Å². The molecule has 1 saturated heterocycles. The quantitative estimate of drug-likeness (QED) is 0.378. The lowest BCUT2D eigenvalue weighted by Crippen LogP contribution is -2.67. The average molecular weight is 482 g/mol. The third-order valence-electron chi connectivity index (χ3n) is 4.58. The first-order chi connectivity index (χ1) is 15.9. The smallest absolute Gasteiger partial charge is 0.305 e. The fraction of sp³-hybridized carbons (Fsp3) is 0.524. The van der Waals surface area contributed by atoms with E-state index in [0.29, 0.717) is 5.69 Å². The Hall–Kier alpha value is -3.74. The van der Waals surface area contributed by atoms with E-state index < -0.39 is 72.5 Å². The van der Waals surface area contributed by atoms with Crippen LogP contribution in [0.1, 0.15) is 43.7 Å². The largest absolute Gasteiger partial charge is 0.463 e. The van der Waals surface area contributed by atoms with E-state index in [1.807, 2.05) is 0 Å². The van der Waals surface area contributed by atoms with Crippen LogP contribution in [0.3, 0.4) is 0 Å². The fourth-order valence-electron chi connectivity index (χ4n) is 3.30. The number of aromatic amines is 1. The van der Waals surface area contributed by atoms with Crippen LogP contribution in [0.15, 0.2) is 17.1 Å². The first-order valence-corrected chi connectivity index (χ1v) is 10.2. The number of carbonyl (C=O) groups is 5. The van der Waals surface area contributed by atoms with Gasteiger partial charge < -0.3 is 34.0 Å². The third-order valence-corrected chi connectivity index (χ3v) is 4.58. The summed E-state index contributed by atoms with van der Waals surface area (Å²) in [5.41, 5.74) is -0.357. The van der Waals surface area contributed by atoms with Crippen molar-refractivity contribution in [2.75, 3.05) is 6.61 Å². The van der Waals surface area contributed by atoms with Crippen LogP contribution in [0, 0.1) is 6.92 Å². The highest BCUT2D eigenvalue weighted by atomic mass is 16.7. The molecule has 0 aromatic carbocycles. The van der Waals surface area contributed by atoms with Crippen LogP contribution in [0.2, 0.25) is 0 Å². The zero-order valence-corrected chi connectivity index (χ0v) is 19.2. The van der Waals surface area contributed by atoms with Gasteiger partial charge in [0.05, 0.1) is 0 Å². The molecule has 1 aromatic rings. The van der Waals surface area contributed by atoms with Crippen molar-refractivity contribution >= 4 is 29.8 Å². The second kappa shape index (κ2) is 11.4. The predicted molar refractivity (Wildman–Crippen MR) is 111 cm³/mol. The number of ether oxygens (including phenoxy) is 5. The van der Waals surface area contributed by atoms with E-state index in [-0.39, 0.29) is 5.56 Å². The number of hydrogen-bond donors (Lipinski definition) is 2. The molecule has 5 atom stereocenters. The van der Waals surface area contributed by atoms with Crippen molar-refractivity contribution in [3.63, 3.8) is 0 Å². The van der Waals surface area contributed by atoms with E-state index in [2.05, 4.69) is 10.3 Å². The summed E-state index contributed by atoms with van der Waals surface area (Å²) >= 11 is 0. The molecule has 0 aliphatic carbocycles. The van der Waals surface area contributed by atoms with Gasteiger partial charge in [0.2, 0.25) is 6.29 Å². The summed E-state index contributed by atoms with van der Waals surface area (Å²) < 4.78 is 26.4. The summed E-state index contributed by atoms with van der Waals surface area (Å²) in [7, 11) is 0. The van der Waals surface area contributed by atoms with Gasteiger partial charge in [0.15, 0.2) is 17.6 Å². The topological polar surface area (TPSA) is 176 Å². The molecule has 0 spiro atoms. The average Bonchev–Trinajstić information content (AvgIpc) is 2.69. The van der Waals surface area contributed by atoms with Gasteiger partial charge in [-0.25, -0.2) is 0 Å². The number of nitrogens with one attached hydrogen (secondary N) is 2. The molecule has 13 heteroatoms. The maximum atomic E-state index is 12.9. The number of amides is 1. The summed E-state index contributed by atoms with van der Waals surface area (Å²) in [4.78, 5) is 74.5. The molecule has 1 aromatic heterocycles. The van der Waals surface area contributed by atoms with Crippen LogP contribution >= 0.6 is 0 Å². The minimum Gasteiger partial charge on any atom is -0.463 e. The second-order valence-electron chi connectivity index (χ2n) is 7.50. The van der Waals surface area contributed by atoms with Crippen LogP contribution in [-0.4, -0.2) is 72.0 Å². The number of pyridine rings is 1. The zero-order valence-electron chi connectivity index (χ0n) is 19.2.